The number of piperidine rings is 2. The van der Waals surface area contributed by atoms with E-state index in [0.29, 0.717) is 44.6 Å². The molecular weight excluding hydrogens is 573 g/mol. The van der Waals surface area contributed by atoms with Gasteiger partial charge in [-0.3, -0.25) is 10.0 Å². The van der Waals surface area contributed by atoms with E-state index in [2.05, 4.69) is 0 Å². The molecule has 0 spiro atoms. The summed E-state index contributed by atoms with van der Waals surface area (Å²) in [6.07, 6.45) is -6.40. The van der Waals surface area contributed by atoms with Gasteiger partial charge in [0.05, 0.1) is 6.61 Å². The monoisotopic (exact) mass is 607 g/mol. The quantitative estimate of drug-likeness (QED) is 0.239. The number of aryl methyl sites for hydroxylation is 1. The van der Waals surface area contributed by atoms with Gasteiger partial charge in [-0.2, -0.15) is 22.0 Å². The summed E-state index contributed by atoms with van der Waals surface area (Å²) in [5.41, 5.74) is 2.74. The molecule has 0 unspecified atom stereocenters. The van der Waals surface area contributed by atoms with Crippen molar-refractivity contribution in [3.63, 3.8) is 0 Å². The van der Waals surface area contributed by atoms with Gasteiger partial charge in [0, 0.05) is 46.3 Å². The summed E-state index contributed by atoms with van der Waals surface area (Å²) in [6, 6.07) is 6.38. The molecule has 8 nitrogen and oxygen atoms in total. The van der Waals surface area contributed by atoms with Gasteiger partial charge in [0.15, 0.2) is 4.75 Å². The van der Waals surface area contributed by atoms with Gasteiger partial charge in [0.2, 0.25) is 10.0 Å². The number of methoxy groups -OCH3 is 1. The van der Waals surface area contributed by atoms with Crippen LogP contribution in [0, 0.1) is 0 Å². The smallest absolute Gasteiger partial charge is 0.383 e. The molecule has 2 N–H and O–H groups in total. The number of nitrogens with zero attached hydrogens (tertiary/aromatic N) is 2. The standard InChI is InChI=1S/C24H34F5N3O5S.ClH/c1-37-17-16-31-14-10-22(11-15-31,21(33)30-34)38(35,36)32-12-7-20(8-13-32)19-4-2-18(3-5-19)6-9-23(25,26)24(27,28)29;/h2-5,20,34H,6-17H2,1H3,(H,30,33);1H. The maximum absolute atomic E-state index is 13.7. The van der Waals surface area contributed by atoms with Crippen LogP contribution in [0.5, 0.6) is 0 Å². The minimum absolute atomic E-state index is 0. The number of halogens is 6. The average Bonchev–Trinajstić information content (AvgIpc) is 2.90. The van der Waals surface area contributed by atoms with E-state index in [4.69, 9.17) is 4.74 Å². The van der Waals surface area contributed by atoms with Crippen LogP contribution < -0.4 is 5.48 Å². The van der Waals surface area contributed by atoms with E-state index in [0.717, 1.165) is 5.56 Å². The highest BCUT2D eigenvalue weighted by Crippen LogP contribution is 2.40. The van der Waals surface area contributed by atoms with E-state index >= 15 is 0 Å². The summed E-state index contributed by atoms with van der Waals surface area (Å²) >= 11 is 0. The average molecular weight is 608 g/mol. The van der Waals surface area contributed by atoms with Gasteiger partial charge in [-0.1, -0.05) is 24.3 Å². The highest BCUT2D eigenvalue weighted by Gasteiger charge is 2.57. The SMILES string of the molecule is COCCN1CCC(C(=O)NO)(S(=O)(=O)N2CCC(c3ccc(CCC(F)(F)C(F)(F)F)cc3)CC2)CC1.Cl. The second-order valence-corrected chi connectivity index (χ2v) is 12.1. The Balaban J connectivity index is 0.00000533. The normalized spacial score (nSPS) is 19.9. The minimum Gasteiger partial charge on any atom is -0.383 e. The molecule has 15 heteroatoms. The lowest BCUT2D eigenvalue weighted by atomic mass is 9.89. The van der Waals surface area contributed by atoms with Gasteiger partial charge in [-0.05, 0) is 49.1 Å². The second-order valence-electron chi connectivity index (χ2n) is 9.89. The summed E-state index contributed by atoms with van der Waals surface area (Å²) < 4.78 is 95.5. The van der Waals surface area contributed by atoms with Crippen molar-refractivity contribution in [2.75, 3.05) is 46.4 Å². The van der Waals surface area contributed by atoms with Crippen molar-refractivity contribution in [1.29, 1.82) is 0 Å². The predicted molar refractivity (Wildman–Crippen MR) is 136 cm³/mol. The lowest BCUT2D eigenvalue weighted by Gasteiger charge is -2.43. The first-order valence-electron chi connectivity index (χ1n) is 12.5. The van der Waals surface area contributed by atoms with Crippen LogP contribution in [0.3, 0.4) is 0 Å². The Kier molecular flexibility index (Phi) is 11.5. The molecule has 1 aromatic rings. The number of nitrogens with one attached hydrogen (secondary N) is 1. The molecule has 39 heavy (non-hydrogen) atoms. The molecule has 0 radical (unpaired) electrons. The first kappa shape index (κ1) is 33.6. The number of benzene rings is 1. The Labute approximate surface area is 231 Å². The van der Waals surface area contributed by atoms with Crippen LogP contribution >= 0.6 is 12.4 Å². The van der Waals surface area contributed by atoms with Crippen molar-refractivity contribution in [3.05, 3.63) is 35.4 Å². The molecule has 1 aromatic carbocycles. The van der Waals surface area contributed by atoms with Crippen LogP contribution in [-0.2, 0) is 26.0 Å². The van der Waals surface area contributed by atoms with Gasteiger partial charge in [0.25, 0.3) is 5.91 Å². The highest BCUT2D eigenvalue weighted by molar-refractivity contribution is 7.91. The number of hydroxylamine groups is 1. The van der Waals surface area contributed by atoms with E-state index in [1.54, 1.807) is 24.7 Å². The first-order chi connectivity index (χ1) is 17.8. The van der Waals surface area contributed by atoms with E-state index in [-0.39, 0.29) is 44.3 Å². The molecule has 2 saturated heterocycles. The molecule has 2 aliphatic rings. The lowest BCUT2D eigenvalue weighted by molar-refractivity contribution is -0.284. The third kappa shape index (κ3) is 7.39. The second kappa shape index (κ2) is 13.4. The predicted octanol–water partition coefficient (Wildman–Crippen LogP) is 3.73. The molecule has 0 atom stereocenters. The van der Waals surface area contributed by atoms with Crippen LogP contribution in [0.4, 0.5) is 22.0 Å². The Hall–Kier alpha value is -1.58. The van der Waals surface area contributed by atoms with Crippen LogP contribution in [-0.4, -0.2) is 92.0 Å². The molecule has 2 heterocycles. The van der Waals surface area contributed by atoms with Crippen LogP contribution in [0.1, 0.15) is 49.1 Å². The minimum atomic E-state index is -5.58. The molecule has 0 aromatic heterocycles. The number of hydrogen-bond acceptors (Lipinski definition) is 6. The van der Waals surface area contributed by atoms with Gasteiger partial charge >= 0.3 is 12.1 Å². The van der Waals surface area contributed by atoms with Crippen molar-refractivity contribution in [2.45, 2.75) is 61.3 Å². The largest absolute Gasteiger partial charge is 0.453 e. The Morgan fingerprint density at radius 1 is 1.08 bits per heavy atom. The van der Waals surface area contributed by atoms with Gasteiger partial charge in [-0.25, -0.2) is 18.2 Å². The molecular formula is C24H35ClF5N3O5S. The fraction of sp³-hybridized carbons (Fsp3) is 0.708. The summed E-state index contributed by atoms with van der Waals surface area (Å²) in [5, 5.41) is 9.34. The highest BCUT2D eigenvalue weighted by atomic mass is 35.5. The molecule has 2 fully saturated rings. The zero-order valence-corrected chi connectivity index (χ0v) is 23.2. The third-order valence-corrected chi connectivity index (χ3v) is 10.3. The molecule has 3 rings (SSSR count). The lowest BCUT2D eigenvalue weighted by Crippen LogP contribution is -2.62. The summed E-state index contributed by atoms with van der Waals surface area (Å²) in [7, 11) is -2.54. The van der Waals surface area contributed by atoms with E-state index < -0.39 is 45.6 Å². The topological polar surface area (TPSA) is 99.2 Å². The Bertz CT molecular complexity index is 1040. The number of amides is 1. The Morgan fingerprint density at radius 2 is 1.64 bits per heavy atom. The molecule has 1 amide bonds. The number of carbonyl (C=O) groups excluding carboxylic acids is 1. The van der Waals surface area contributed by atoms with Gasteiger partial charge in [-0.15, -0.1) is 12.4 Å². The van der Waals surface area contributed by atoms with Crippen molar-refractivity contribution < 1.29 is 45.1 Å². The number of likely N-dealkylation sites (tertiary alicyclic amines) is 1. The summed E-state index contributed by atoms with van der Waals surface area (Å²) in [5.74, 6) is -5.74. The number of alkyl halides is 5. The van der Waals surface area contributed by atoms with E-state index in [1.807, 2.05) is 4.90 Å². The van der Waals surface area contributed by atoms with Crippen LogP contribution in [0.15, 0.2) is 24.3 Å². The summed E-state index contributed by atoms with van der Waals surface area (Å²) in [6.45, 7) is 2.09. The van der Waals surface area contributed by atoms with Crippen molar-refractivity contribution in [2.24, 2.45) is 0 Å². The molecule has 2 aliphatic heterocycles. The fourth-order valence-electron chi connectivity index (χ4n) is 5.14. The molecule has 0 bridgehead atoms. The van der Waals surface area contributed by atoms with Crippen molar-refractivity contribution in [3.8, 4) is 0 Å². The van der Waals surface area contributed by atoms with Crippen molar-refractivity contribution >= 4 is 28.3 Å². The first-order valence-corrected chi connectivity index (χ1v) is 13.9. The van der Waals surface area contributed by atoms with E-state index in [9.17, 15) is 40.4 Å². The zero-order valence-electron chi connectivity index (χ0n) is 21.6. The maximum Gasteiger partial charge on any atom is 0.453 e. The number of sulfonamides is 1. The zero-order chi connectivity index (χ0) is 28.2. The van der Waals surface area contributed by atoms with Crippen LogP contribution in [0.2, 0.25) is 0 Å². The van der Waals surface area contributed by atoms with E-state index in [1.165, 1.54) is 16.4 Å². The molecule has 0 aliphatic carbocycles. The number of carbonyl (C=O) groups is 1. The summed E-state index contributed by atoms with van der Waals surface area (Å²) in [4.78, 5) is 14.7. The third-order valence-electron chi connectivity index (χ3n) is 7.67. The van der Waals surface area contributed by atoms with Gasteiger partial charge < -0.3 is 9.64 Å². The number of rotatable bonds is 10. The van der Waals surface area contributed by atoms with Crippen LogP contribution in [0.25, 0.3) is 0 Å². The van der Waals surface area contributed by atoms with Gasteiger partial charge in [0.1, 0.15) is 0 Å². The maximum atomic E-state index is 13.7. The number of ether oxygens (including phenoxy) is 1. The molecule has 0 saturated carbocycles. The fourth-order valence-corrected chi connectivity index (χ4v) is 7.30. The Morgan fingerprint density at radius 3 is 2.13 bits per heavy atom. The molecule has 224 valence electrons. The number of hydrogen-bond donors (Lipinski definition) is 2. The van der Waals surface area contributed by atoms with Crippen molar-refractivity contribution in [1.82, 2.24) is 14.7 Å².